The normalized spacial score (nSPS) is 12.6. The Hall–Kier alpha value is -3.52. The van der Waals surface area contributed by atoms with Gasteiger partial charge in [-0.3, -0.25) is 4.98 Å². The Balaban J connectivity index is 1.75. The molecule has 4 rings (SSSR count). The van der Waals surface area contributed by atoms with Crippen LogP contribution in [0.25, 0.3) is 22.3 Å². The van der Waals surface area contributed by atoms with Crippen LogP contribution in [-0.4, -0.2) is 39.6 Å². The summed E-state index contributed by atoms with van der Waals surface area (Å²) in [5, 5.41) is 3.21. The molecule has 1 aromatic carbocycles. The van der Waals surface area contributed by atoms with Crippen molar-refractivity contribution in [3.05, 3.63) is 70.9 Å². The molecule has 0 aliphatic heterocycles. The SMILES string of the molecule is Cc1nc2cc(F)c(-c3cnc(OCP(C)(C)=O)nc3)nc2c(N[C@H](C)c2cccc(F)c2F)c1C. The van der Waals surface area contributed by atoms with Gasteiger partial charge in [0.2, 0.25) is 0 Å². The molecule has 0 aliphatic rings. The molecule has 0 unspecified atom stereocenters. The minimum Gasteiger partial charge on any atom is -0.456 e. The number of nitrogens with zero attached hydrogens (tertiary/aromatic N) is 4. The molecule has 1 atom stereocenters. The first kappa shape index (κ1) is 25.6. The molecule has 0 aliphatic carbocycles. The molecule has 0 saturated carbocycles. The van der Waals surface area contributed by atoms with Crippen molar-refractivity contribution < 1.29 is 22.5 Å². The number of aromatic nitrogens is 4. The summed E-state index contributed by atoms with van der Waals surface area (Å²) in [6.07, 6.45) is 2.71. The molecule has 4 aromatic rings. The van der Waals surface area contributed by atoms with E-state index in [0.717, 1.165) is 11.6 Å². The highest BCUT2D eigenvalue weighted by Crippen LogP contribution is 2.36. The summed E-state index contributed by atoms with van der Waals surface area (Å²) in [6.45, 7) is 8.46. The average Bonchev–Trinajstić information content (AvgIpc) is 2.82. The zero-order valence-corrected chi connectivity index (χ0v) is 21.3. The molecule has 0 bridgehead atoms. The van der Waals surface area contributed by atoms with Gasteiger partial charge in [-0.25, -0.2) is 28.1 Å². The van der Waals surface area contributed by atoms with Crippen molar-refractivity contribution in [1.82, 2.24) is 19.9 Å². The Kier molecular flexibility index (Phi) is 7.00. The van der Waals surface area contributed by atoms with Gasteiger partial charge in [0.1, 0.15) is 24.7 Å². The molecule has 7 nitrogen and oxygen atoms in total. The summed E-state index contributed by atoms with van der Waals surface area (Å²) < 4.78 is 60.4. The molecule has 3 aromatic heterocycles. The molecular formula is C25H25F3N5O2P. The molecule has 3 heterocycles. The first-order chi connectivity index (χ1) is 16.9. The van der Waals surface area contributed by atoms with Crippen LogP contribution in [0.1, 0.15) is 29.8 Å². The van der Waals surface area contributed by atoms with E-state index in [2.05, 4.69) is 25.3 Å². The summed E-state index contributed by atoms with van der Waals surface area (Å²) in [5.41, 5.74) is 2.99. The summed E-state index contributed by atoms with van der Waals surface area (Å²) in [5.74, 6) is -2.51. The van der Waals surface area contributed by atoms with Crippen LogP contribution in [0.4, 0.5) is 18.9 Å². The number of halogens is 3. The second-order valence-electron chi connectivity index (χ2n) is 8.99. The van der Waals surface area contributed by atoms with Gasteiger partial charge in [-0.1, -0.05) is 12.1 Å². The molecule has 0 amide bonds. The van der Waals surface area contributed by atoms with Crippen molar-refractivity contribution in [3.63, 3.8) is 0 Å². The maximum Gasteiger partial charge on any atom is 0.316 e. The zero-order chi connectivity index (χ0) is 26.2. The Bertz CT molecular complexity index is 1490. The number of ether oxygens (including phenoxy) is 1. The molecule has 188 valence electrons. The van der Waals surface area contributed by atoms with Crippen molar-refractivity contribution in [3.8, 4) is 17.3 Å². The van der Waals surface area contributed by atoms with Crippen LogP contribution in [0.15, 0.2) is 36.7 Å². The Morgan fingerprint density at radius 2 is 1.75 bits per heavy atom. The van der Waals surface area contributed by atoms with Crippen LogP contribution in [-0.2, 0) is 4.57 Å². The Morgan fingerprint density at radius 3 is 2.42 bits per heavy atom. The fraction of sp³-hybridized carbons (Fsp3) is 0.280. The van der Waals surface area contributed by atoms with E-state index in [1.54, 1.807) is 27.2 Å². The summed E-state index contributed by atoms with van der Waals surface area (Å²) in [6, 6.07) is 4.65. The predicted molar refractivity (Wildman–Crippen MR) is 133 cm³/mol. The number of anilines is 1. The number of hydrogen-bond acceptors (Lipinski definition) is 7. The first-order valence-electron chi connectivity index (χ1n) is 11.1. The van der Waals surface area contributed by atoms with Gasteiger partial charge in [0.15, 0.2) is 17.5 Å². The summed E-state index contributed by atoms with van der Waals surface area (Å²) in [7, 11) is -2.42. The molecule has 0 saturated heterocycles. The highest BCUT2D eigenvalue weighted by molar-refractivity contribution is 7.62. The van der Waals surface area contributed by atoms with Gasteiger partial charge in [0.05, 0.1) is 17.2 Å². The summed E-state index contributed by atoms with van der Waals surface area (Å²) >= 11 is 0. The molecule has 0 spiro atoms. The number of fused-ring (bicyclic) bond motifs is 1. The molecule has 0 radical (unpaired) electrons. The third-order valence-corrected chi connectivity index (χ3v) is 6.36. The molecule has 1 N–H and O–H groups in total. The lowest BCUT2D eigenvalue weighted by molar-refractivity contribution is 0.348. The Labute approximate surface area is 206 Å². The van der Waals surface area contributed by atoms with E-state index in [9.17, 15) is 13.3 Å². The van der Waals surface area contributed by atoms with Gasteiger partial charge in [0, 0.05) is 35.3 Å². The second-order valence-corrected chi connectivity index (χ2v) is 12.4. The van der Waals surface area contributed by atoms with Crippen molar-refractivity contribution >= 4 is 23.9 Å². The van der Waals surface area contributed by atoms with Gasteiger partial charge in [-0.05, 0) is 45.7 Å². The van der Waals surface area contributed by atoms with Crippen molar-refractivity contribution in [2.24, 2.45) is 0 Å². The van der Waals surface area contributed by atoms with Crippen LogP contribution < -0.4 is 10.1 Å². The number of pyridine rings is 2. The van der Waals surface area contributed by atoms with E-state index in [1.807, 2.05) is 6.92 Å². The van der Waals surface area contributed by atoms with Gasteiger partial charge >= 0.3 is 6.01 Å². The Morgan fingerprint density at radius 1 is 1.06 bits per heavy atom. The number of aryl methyl sites for hydroxylation is 1. The molecule has 36 heavy (non-hydrogen) atoms. The van der Waals surface area contributed by atoms with Gasteiger partial charge in [-0.15, -0.1) is 0 Å². The lowest BCUT2D eigenvalue weighted by Crippen LogP contribution is -2.12. The summed E-state index contributed by atoms with van der Waals surface area (Å²) in [4.78, 5) is 17.1. The molecule has 11 heteroatoms. The topological polar surface area (TPSA) is 89.9 Å². The van der Waals surface area contributed by atoms with Crippen molar-refractivity contribution in [1.29, 1.82) is 0 Å². The van der Waals surface area contributed by atoms with Crippen LogP contribution in [0, 0.1) is 31.3 Å². The van der Waals surface area contributed by atoms with Gasteiger partial charge < -0.3 is 14.6 Å². The number of benzene rings is 1. The number of hydrogen-bond donors (Lipinski definition) is 1. The fourth-order valence-corrected chi connectivity index (χ4v) is 4.05. The van der Waals surface area contributed by atoms with Crippen LogP contribution in [0.5, 0.6) is 6.01 Å². The van der Waals surface area contributed by atoms with Crippen LogP contribution in [0.2, 0.25) is 0 Å². The lowest BCUT2D eigenvalue weighted by atomic mass is 10.0. The van der Waals surface area contributed by atoms with E-state index in [1.165, 1.54) is 30.6 Å². The minimum absolute atomic E-state index is 0.0107. The second kappa shape index (κ2) is 9.85. The van der Waals surface area contributed by atoms with E-state index in [-0.39, 0.29) is 23.6 Å². The number of nitrogens with one attached hydrogen (secondary N) is 1. The fourth-order valence-electron chi connectivity index (χ4n) is 3.63. The average molecular weight is 515 g/mol. The van der Waals surface area contributed by atoms with Crippen LogP contribution >= 0.6 is 7.14 Å². The third kappa shape index (κ3) is 5.33. The van der Waals surface area contributed by atoms with Crippen molar-refractivity contribution in [2.75, 3.05) is 25.0 Å². The predicted octanol–water partition coefficient (Wildman–Crippen LogP) is 6.25. The standard InChI is InChI=1S/C25H25F3N5O2P/c1-13-14(2)31-20-9-19(27)23(16-10-29-25(30-11-16)35-12-36(4,5)34)33-24(20)22(13)32-15(3)17-7-6-8-18(26)21(17)28/h6-11,15H,12H2,1-5H3,(H,31,32)/t15-/m1/s1. The first-order valence-corrected chi connectivity index (χ1v) is 13.9. The van der Waals surface area contributed by atoms with Crippen molar-refractivity contribution in [2.45, 2.75) is 26.8 Å². The smallest absolute Gasteiger partial charge is 0.316 e. The van der Waals surface area contributed by atoms with Crippen LogP contribution in [0.3, 0.4) is 0 Å². The minimum atomic E-state index is -2.42. The number of rotatable bonds is 7. The van der Waals surface area contributed by atoms with E-state index >= 15 is 4.39 Å². The molecular weight excluding hydrogens is 490 g/mol. The molecule has 0 fully saturated rings. The maximum atomic E-state index is 15.1. The highest BCUT2D eigenvalue weighted by atomic mass is 31.2. The largest absolute Gasteiger partial charge is 0.456 e. The monoisotopic (exact) mass is 515 g/mol. The zero-order valence-electron chi connectivity index (χ0n) is 20.4. The maximum absolute atomic E-state index is 15.1. The van der Waals surface area contributed by atoms with E-state index in [0.29, 0.717) is 28.0 Å². The third-order valence-electron chi connectivity index (χ3n) is 5.61. The van der Waals surface area contributed by atoms with E-state index < -0.39 is 30.6 Å². The van der Waals surface area contributed by atoms with Gasteiger partial charge in [0.25, 0.3) is 0 Å². The lowest BCUT2D eigenvalue weighted by Gasteiger charge is -2.20. The van der Waals surface area contributed by atoms with E-state index in [4.69, 9.17) is 4.74 Å². The van der Waals surface area contributed by atoms with Gasteiger partial charge in [-0.2, -0.15) is 0 Å². The highest BCUT2D eigenvalue weighted by Gasteiger charge is 2.20. The quantitative estimate of drug-likeness (QED) is 0.291.